The predicted molar refractivity (Wildman–Crippen MR) is 63.0 cm³/mol. The summed E-state index contributed by atoms with van der Waals surface area (Å²) in [6.07, 6.45) is 3.31. The second kappa shape index (κ2) is 4.07. The Bertz CT molecular complexity index is 407. The van der Waals surface area contributed by atoms with Crippen LogP contribution in [0.15, 0.2) is 18.2 Å². The molecule has 1 aromatic rings. The average molecular weight is 203 g/mol. The highest BCUT2D eigenvalue weighted by atomic mass is 16.3. The third kappa shape index (κ3) is 2.05. The van der Waals surface area contributed by atoms with Crippen LogP contribution in [0.4, 0.5) is 0 Å². The first-order valence-electron chi connectivity index (χ1n) is 5.39. The molecule has 2 rings (SSSR count). The number of hydrogen-bond donors (Lipinski definition) is 2. The van der Waals surface area contributed by atoms with Crippen LogP contribution in [0, 0.1) is 13.8 Å². The van der Waals surface area contributed by atoms with E-state index in [2.05, 4.69) is 24.4 Å². The summed E-state index contributed by atoms with van der Waals surface area (Å²) in [5, 5.41) is 12.9. The van der Waals surface area contributed by atoms with Crippen molar-refractivity contribution in [2.75, 3.05) is 13.1 Å². The van der Waals surface area contributed by atoms with Crippen molar-refractivity contribution in [3.05, 3.63) is 34.9 Å². The van der Waals surface area contributed by atoms with Crippen molar-refractivity contribution in [1.29, 1.82) is 0 Å². The van der Waals surface area contributed by atoms with Gasteiger partial charge < -0.3 is 10.4 Å². The van der Waals surface area contributed by atoms with Crippen LogP contribution >= 0.6 is 0 Å². The van der Waals surface area contributed by atoms with Crippen molar-refractivity contribution in [2.45, 2.75) is 20.3 Å². The molecule has 0 saturated heterocycles. The van der Waals surface area contributed by atoms with Crippen molar-refractivity contribution < 1.29 is 5.11 Å². The lowest BCUT2D eigenvalue weighted by molar-refractivity contribution is 0.470. The molecule has 1 aliphatic rings. The molecular weight excluding hydrogens is 186 g/mol. The van der Waals surface area contributed by atoms with Gasteiger partial charge in [-0.15, -0.1) is 0 Å². The van der Waals surface area contributed by atoms with Gasteiger partial charge in [0.15, 0.2) is 0 Å². The summed E-state index contributed by atoms with van der Waals surface area (Å²) in [4.78, 5) is 0. The molecule has 0 amide bonds. The number of aryl methyl sites for hydroxylation is 2. The molecule has 0 aromatic heterocycles. The number of benzene rings is 1. The molecule has 15 heavy (non-hydrogen) atoms. The van der Waals surface area contributed by atoms with Crippen LogP contribution in [-0.4, -0.2) is 18.2 Å². The zero-order valence-corrected chi connectivity index (χ0v) is 9.30. The second-order valence-corrected chi connectivity index (χ2v) is 4.14. The summed E-state index contributed by atoms with van der Waals surface area (Å²) in [6, 6.07) is 3.94. The van der Waals surface area contributed by atoms with E-state index in [1.54, 1.807) is 0 Å². The van der Waals surface area contributed by atoms with Gasteiger partial charge in [-0.3, -0.25) is 0 Å². The van der Waals surface area contributed by atoms with Gasteiger partial charge in [-0.25, -0.2) is 0 Å². The highest BCUT2D eigenvalue weighted by Crippen LogP contribution is 2.28. The van der Waals surface area contributed by atoms with Crippen LogP contribution in [0.1, 0.15) is 23.1 Å². The lowest BCUT2D eigenvalue weighted by Gasteiger charge is -2.17. The van der Waals surface area contributed by atoms with Crippen molar-refractivity contribution >= 4 is 5.57 Å². The molecule has 0 unspecified atom stereocenters. The fourth-order valence-electron chi connectivity index (χ4n) is 2.01. The molecular formula is C13H17NO. The monoisotopic (exact) mass is 203 g/mol. The minimum absolute atomic E-state index is 0.394. The summed E-state index contributed by atoms with van der Waals surface area (Å²) in [5.41, 5.74) is 4.79. The number of rotatable bonds is 1. The largest absolute Gasteiger partial charge is 0.508 e. The molecule has 0 radical (unpaired) electrons. The van der Waals surface area contributed by atoms with E-state index >= 15 is 0 Å². The maximum absolute atomic E-state index is 9.59. The fraction of sp³-hybridized carbons (Fsp3) is 0.385. The van der Waals surface area contributed by atoms with E-state index in [4.69, 9.17) is 0 Å². The number of nitrogens with one attached hydrogen (secondary N) is 1. The van der Waals surface area contributed by atoms with E-state index in [0.29, 0.717) is 5.75 Å². The lowest BCUT2D eigenvalue weighted by atomic mass is 9.94. The fourth-order valence-corrected chi connectivity index (χ4v) is 2.01. The highest BCUT2D eigenvalue weighted by molar-refractivity contribution is 5.70. The molecule has 1 aliphatic heterocycles. The zero-order valence-electron chi connectivity index (χ0n) is 9.30. The van der Waals surface area contributed by atoms with Crippen LogP contribution in [0.25, 0.3) is 5.57 Å². The average Bonchev–Trinajstić information content (AvgIpc) is 2.25. The zero-order chi connectivity index (χ0) is 10.8. The normalized spacial score (nSPS) is 16.3. The predicted octanol–water partition coefficient (Wildman–Crippen LogP) is 2.39. The Kier molecular flexibility index (Phi) is 2.78. The second-order valence-electron chi connectivity index (χ2n) is 4.14. The molecule has 1 aromatic carbocycles. The number of hydrogen-bond acceptors (Lipinski definition) is 2. The Labute approximate surface area is 90.6 Å². The summed E-state index contributed by atoms with van der Waals surface area (Å²) in [6.45, 7) is 6.00. The molecule has 2 heteroatoms. The summed E-state index contributed by atoms with van der Waals surface area (Å²) in [5.74, 6) is 0.394. The molecule has 0 fully saturated rings. The quantitative estimate of drug-likeness (QED) is 0.734. The minimum Gasteiger partial charge on any atom is -0.508 e. The highest BCUT2D eigenvalue weighted by Gasteiger charge is 2.10. The summed E-state index contributed by atoms with van der Waals surface area (Å²) < 4.78 is 0. The molecule has 0 aliphatic carbocycles. The van der Waals surface area contributed by atoms with Crippen molar-refractivity contribution in [3.63, 3.8) is 0 Å². The van der Waals surface area contributed by atoms with Gasteiger partial charge in [0.2, 0.25) is 0 Å². The Balaban J connectivity index is 2.43. The molecule has 2 N–H and O–H groups in total. The number of phenolic OH excluding ortho intramolecular Hbond substituents is 1. The first-order valence-corrected chi connectivity index (χ1v) is 5.39. The van der Waals surface area contributed by atoms with Gasteiger partial charge in [-0.1, -0.05) is 6.08 Å². The van der Waals surface area contributed by atoms with Gasteiger partial charge >= 0.3 is 0 Å². The van der Waals surface area contributed by atoms with E-state index in [1.165, 1.54) is 11.1 Å². The summed E-state index contributed by atoms with van der Waals surface area (Å²) in [7, 11) is 0. The summed E-state index contributed by atoms with van der Waals surface area (Å²) >= 11 is 0. The third-order valence-corrected chi connectivity index (χ3v) is 2.95. The molecule has 2 nitrogen and oxygen atoms in total. The van der Waals surface area contributed by atoms with E-state index in [0.717, 1.165) is 30.6 Å². The SMILES string of the molecule is Cc1cc(C2=CCNCC2)c(C)cc1O. The van der Waals surface area contributed by atoms with Crippen LogP contribution in [0.5, 0.6) is 5.75 Å². The van der Waals surface area contributed by atoms with Crippen molar-refractivity contribution in [3.8, 4) is 5.75 Å². The Hall–Kier alpha value is -1.28. The Morgan fingerprint density at radius 2 is 2.00 bits per heavy atom. The molecule has 1 heterocycles. The third-order valence-electron chi connectivity index (χ3n) is 2.95. The molecule has 0 spiro atoms. The van der Waals surface area contributed by atoms with E-state index in [9.17, 15) is 5.11 Å². The maximum atomic E-state index is 9.59. The molecule has 80 valence electrons. The van der Waals surface area contributed by atoms with E-state index in [1.807, 2.05) is 13.0 Å². The van der Waals surface area contributed by atoms with E-state index < -0.39 is 0 Å². The van der Waals surface area contributed by atoms with Crippen LogP contribution in [0.2, 0.25) is 0 Å². The minimum atomic E-state index is 0.394. The standard InChI is InChI=1S/C13H17NO/c1-9-8-13(15)10(2)7-12(9)11-3-5-14-6-4-11/h3,7-8,14-15H,4-6H2,1-2H3. The van der Waals surface area contributed by atoms with Crippen LogP contribution in [-0.2, 0) is 0 Å². The maximum Gasteiger partial charge on any atom is 0.118 e. The van der Waals surface area contributed by atoms with Gasteiger partial charge in [0.1, 0.15) is 5.75 Å². The van der Waals surface area contributed by atoms with Crippen molar-refractivity contribution in [2.24, 2.45) is 0 Å². The number of phenols is 1. The first-order chi connectivity index (χ1) is 7.18. The topological polar surface area (TPSA) is 32.3 Å². The van der Waals surface area contributed by atoms with Gasteiger partial charge in [-0.2, -0.15) is 0 Å². The van der Waals surface area contributed by atoms with Crippen LogP contribution in [0.3, 0.4) is 0 Å². The van der Waals surface area contributed by atoms with Gasteiger partial charge in [-0.05, 0) is 61.2 Å². The smallest absolute Gasteiger partial charge is 0.118 e. The van der Waals surface area contributed by atoms with E-state index in [-0.39, 0.29) is 0 Å². The van der Waals surface area contributed by atoms with Crippen molar-refractivity contribution in [1.82, 2.24) is 5.32 Å². The first kappa shape index (κ1) is 10.2. The lowest BCUT2D eigenvalue weighted by Crippen LogP contribution is -2.20. The van der Waals surface area contributed by atoms with Gasteiger partial charge in [0.05, 0.1) is 0 Å². The van der Waals surface area contributed by atoms with Gasteiger partial charge in [0.25, 0.3) is 0 Å². The molecule has 0 atom stereocenters. The molecule has 0 bridgehead atoms. The number of aromatic hydroxyl groups is 1. The molecule has 0 saturated carbocycles. The van der Waals surface area contributed by atoms with Crippen LogP contribution < -0.4 is 5.32 Å². The Morgan fingerprint density at radius 1 is 1.20 bits per heavy atom. The Morgan fingerprint density at radius 3 is 2.67 bits per heavy atom. The van der Waals surface area contributed by atoms with Gasteiger partial charge in [0, 0.05) is 6.54 Å².